The SMILES string of the molecule is N#Cc1cccc(C(=O)N2CC3(CC(CCOc4cccnc4)CCO3)C2)c1.O=C(O)C(F)(F)F. The Bertz CT molecular complexity index is 1070. The Kier molecular flexibility index (Phi) is 8.30. The van der Waals surface area contributed by atoms with Crippen molar-refractivity contribution < 1.29 is 37.3 Å². The first-order valence-electron chi connectivity index (χ1n) is 10.9. The molecule has 0 radical (unpaired) electrons. The van der Waals surface area contributed by atoms with Gasteiger partial charge in [-0.2, -0.15) is 18.4 Å². The molecule has 1 aromatic carbocycles. The summed E-state index contributed by atoms with van der Waals surface area (Å²) < 4.78 is 43.6. The normalized spacial score (nSPS) is 18.5. The number of amides is 1. The number of aromatic nitrogens is 1. The first-order chi connectivity index (χ1) is 16.6. The predicted molar refractivity (Wildman–Crippen MR) is 117 cm³/mol. The highest BCUT2D eigenvalue weighted by molar-refractivity contribution is 5.95. The van der Waals surface area contributed by atoms with Crippen molar-refractivity contribution in [3.05, 3.63) is 59.9 Å². The van der Waals surface area contributed by atoms with Crippen molar-refractivity contribution in [2.75, 3.05) is 26.3 Å². The van der Waals surface area contributed by atoms with Crippen molar-refractivity contribution in [2.45, 2.75) is 31.0 Å². The topological polar surface area (TPSA) is 113 Å². The van der Waals surface area contributed by atoms with Gasteiger partial charge in [0.25, 0.3) is 5.91 Å². The summed E-state index contributed by atoms with van der Waals surface area (Å²) in [6, 6.07) is 12.7. The molecule has 1 spiro atoms. The molecule has 0 saturated carbocycles. The molecule has 2 saturated heterocycles. The van der Waals surface area contributed by atoms with Crippen LogP contribution in [0.4, 0.5) is 13.2 Å². The lowest BCUT2D eigenvalue weighted by atomic mass is 9.79. The number of nitriles is 1. The number of carboxylic acids is 1. The number of aliphatic carboxylic acids is 1. The molecule has 186 valence electrons. The zero-order valence-corrected chi connectivity index (χ0v) is 18.7. The van der Waals surface area contributed by atoms with Gasteiger partial charge >= 0.3 is 12.1 Å². The van der Waals surface area contributed by atoms with Gasteiger partial charge in [-0.3, -0.25) is 9.78 Å². The van der Waals surface area contributed by atoms with Crippen LogP contribution in [0.5, 0.6) is 5.75 Å². The van der Waals surface area contributed by atoms with Gasteiger partial charge in [0.05, 0.1) is 37.5 Å². The van der Waals surface area contributed by atoms with E-state index in [-0.39, 0.29) is 11.5 Å². The lowest BCUT2D eigenvalue weighted by Crippen LogP contribution is -2.66. The lowest BCUT2D eigenvalue weighted by Gasteiger charge is -2.53. The standard InChI is InChI=1S/C22H23N3O3.C2HF3O2/c23-13-18-3-1-4-19(11-18)21(26)25-15-22(16-25)12-17(7-10-28-22)6-9-27-20-5-2-8-24-14-20;3-2(4,5)1(6)7/h1-5,8,11,14,17H,6-7,9-10,12,15-16H2;(H,6,7). The lowest BCUT2D eigenvalue weighted by molar-refractivity contribution is -0.192. The molecule has 0 bridgehead atoms. The second-order valence-electron chi connectivity index (χ2n) is 8.37. The van der Waals surface area contributed by atoms with Gasteiger partial charge < -0.3 is 19.5 Å². The summed E-state index contributed by atoms with van der Waals surface area (Å²) in [5, 5.41) is 16.1. The van der Waals surface area contributed by atoms with Crippen LogP contribution in [0.15, 0.2) is 48.8 Å². The van der Waals surface area contributed by atoms with Crippen LogP contribution >= 0.6 is 0 Å². The largest absolute Gasteiger partial charge is 0.492 e. The molecule has 2 fully saturated rings. The first kappa shape index (κ1) is 26.0. The van der Waals surface area contributed by atoms with Crippen LogP contribution in [0.3, 0.4) is 0 Å². The van der Waals surface area contributed by atoms with Crippen molar-refractivity contribution in [1.29, 1.82) is 5.26 Å². The molecule has 2 aromatic rings. The Morgan fingerprint density at radius 1 is 1.29 bits per heavy atom. The Labute approximate surface area is 199 Å². The number of hydrogen-bond donors (Lipinski definition) is 1. The molecule has 8 nitrogen and oxygen atoms in total. The number of alkyl halides is 3. The molecular weight excluding hydrogens is 467 g/mol. The van der Waals surface area contributed by atoms with Crippen LogP contribution in [0.25, 0.3) is 0 Å². The molecule has 1 atom stereocenters. The first-order valence-corrected chi connectivity index (χ1v) is 10.9. The average Bonchev–Trinajstić information content (AvgIpc) is 2.83. The molecule has 2 aliphatic rings. The summed E-state index contributed by atoms with van der Waals surface area (Å²) in [6.45, 7) is 2.62. The van der Waals surface area contributed by atoms with E-state index in [1.54, 1.807) is 36.7 Å². The maximum absolute atomic E-state index is 12.7. The Balaban J connectivity index is 0.000000429. The minimum atomic E-state index is -5.08. The van der Waals surface area contributed by atoms with E-state index < -0.39 is 12.1 Å². The molecule has 1 unspecified atom stereocenters. The van der Waals surface area contributed by atoms with Gasteiger partial charge in [0.15, 0.2) is 0 Å². The third kappa shape index (κ3) is 7.16. The van der Waals surface area contributed by atoms with Crippen molar-refractivity contribution in [3.8, 4) is 11.8 Å². The number of hydrogen-bond acceptors (Lipinski definition) is 6. The van der Waals surface area contributed by atoms with E-state index in [1.165, 1.54) is 0 Å². The van der Waals surface area contributed by atoms with Gasteiger partial charge in [-0.1, -0.05) is 6.07 Å². The van der Waals surface area contributed by atoms with Gasteiger partial charge in [-0.05, 0) is 55.5 Å². The van der Waals surface area contributed by atoms with Gasteiger partial charge in [-0.15, -0.1) is 0 Å². The highest BCUT2D eigenvalue weighted by atomic mass is 19.4. The van der Waals surface area contributed by atoms with Crippen LogP contribution in [-0.4, -0.2) is 64.9 Å². The summed E-state index contributed by atoms with van der Waals surface area (Å²) in [4.78, 5) is 27.4. The number of pyridine rings is 1. The number of carbonyl (C=O) groups excluding carboxylic acids is 1. The van der Waals surface area contributed by atoms with Crippen LogP contribution in [0.1, 0.15) is 35.2 Å². The quantitative estimate of drug-likeness (QED) is 0.679. The Morgan fingerprint density at radius 2 is 2.03 bits per heavy atom. The molecule has 3 heterocycles. The fourth-order valence-electron chi connectivity index (χ4n) is 4.07. The molecule has 1 aromatic heterocycles. The van der Waals surface area contributed by atoms with Crippen LogP contribution in [0.2, 0.25) is 0 Å². The van der Waals surface area contributed by atoms with E-state index in [0.717, 1.165) is 31.6 Å². The summed E-state index contributed by atoms with van der Waals surface area (Å²) in [6.07, 6.45) is 1.32. The number of benzene rings is 1. The highest BCUT2D eigenvalue weighted by Gasteiger charge is 2.49. The molecule has 1 amide bonds. The average molecular weight is 491 g/mol. The fraction of sp³-hybridized carbons (Fsp3) is 0.417. The van der Waals surface area contributed by atoms with Crippen molar-refractivity contribution in [1.82, 2.24) is 9.88 Å². The van der Waals surface area contributed by atoms with E-state index in [1.807, 2.05) is 17.0 Å². The fourth-order valence-corrected chi connectivity index (χ4v) is 4.07. The number of ether oxygens (including phenoxy) is 2. The summed E-state index contributed by atoms with van der Waals surface area (Å²) in [7, 11) is 0. The summed E-state index contributed by atoms with van der Waals surface area (Å²) >= 11 is 0. The Morgan fingerprint density at radius 3 is 2.66 bits per heavy atom. The minimum Gasteiger partial charge on any atom is -0.492 e. The monoisotopic (exact) mass is 491 g/mol. The minimum absolute atomic E-state index is 0.0339. The van der Waals surface area contributed by atoms with E-state index >= 15 is 0 Å². The second kappa shape index (κ2) is 11.2. The summed E-state index contributed by atoms with van der Waals surface area (Å²) in [5.41, 5.74) is 0.842. The zero-order chi connectivity index (χ0) is 25.5. The van der Waals surface area contributed by atoms with Crippen LogP contribution in [0, 0.1) is 17.2 Å². The van der Waals surface area contributed by atoms with Gasteiger partial charge in [0, 0.05) is 18.4 Å². The zero-order valence-electron chi connectivity index (χ0n) is 18.7. The Hall–Kier alpha value is -3.65. The van der Waals surface area contributed by atoms with Crippen molar-refractivity contribution >= 4 is 11.9 Å². The smallest absolute Gasteiger partial charge is 0.490 e. The molecule has 35 heavy (non-hydrogen) atoms. The molecular formula is C24H24F3N3O5. The summed E-state index contributed by atoms with van der Waals surface area (Å²) in [5.74, 6) is -1.46. The maximum atomic E-state index is 12.7. The van der Waals surface area contributed by atoms with E-state index in [4.69, 9.17) is 24.6 Å². The van der Waals surface area contributed by atoms with E-state index in [2.05, 4.69) is 11.1 Å². The molecule has 0 aliphatic carbocycles. The molecule has 4 rings (SSSR count). The number of likely N-dealkylation sites (tertiary alicyclic amines) is 1. The second-order valence-corrected chi connectivity index (χ2v) is 8.37. The highest BCUT2D eigenvalue weighted by Crippen LogP contribution is 2.38. The molecule has 2 aliphatic heterocycles. The number of carboxylic acid groups (broad SMARTS) is 1. The van der Waals surface area contributed by atoms with E-state index in [9.17, 15) is 18.0 Å². The predicted octanol–water partition coefficient (Wildman–Crippen LogP) is 3.68. The van der Waals surface area contributed by atoms with Gasteiger partial charge in [0.1, 0.15) is 11.4 Å². The van der Waals surface area contributed by atoms with Crippen LogP contribution < -0.4 is 4.74 Å². The molecule has 11 heteroatoms. The third-order valence-electron chi connectivity index (χ3n) is 5.75. The number of rotatable bonds is 5. The van der Waals surface area contributed by atoms with E-state index in [0.29, 0.717) is 36.7 Å². The van der Waals surface area contributed by atoms with Gasteiger partial charge in [0.2, 0.25) is 0 Å². The number of halogens is 3. The third-order valence-corrected chi connectivity index (χ3v) is 5.75. The number of carbonyl (C=O) groups is 2. The molecule has 1 N–H and O–H groups in total. The van der Waals surface area contributed by atoms with Crippen LogP contribution in [-0.2, 0) is 9.53 Å². The number of nitrogens with zero attached hydrogens (tertiary/aromatic N) is 3. The van der Waals surface area contributed by atoms with Crippen molar-refractivity contribution in [3.63, 3.8) is 0 Å². The van der Waals surface area contributed by atoms with Gasteiger partial charge in [-0.25, -0.2) is 4.79 Å². The maximum Gasteiger partial charge on any atom is 0.490 e. The van der Waals surface area contributed by atoms with Crippen molar-refractivity contribution in [2.24, 2.45) is 5.92 Å².